The summed E-state index contributed by atoms with van der Waals surface area (Å²) < 4.78 is 2.90. The van der Waals surface area contributed by atoms with Crippen molar-refractivity contribution in [3.8, 4) is 11.4 Å². The first-order chi connectivity index (χ1) is 12.2. The first kappa shape index (κ1) is 15.5. The van der Waals surface area contributed by atoms with E-state index in [9.17, 15) is 4.79 Å². The number of aryl methyl sites for hydroxylation is 1. The van der Waals surface area contributed by atoms with Crippen molar-refractivity contribution in [1.29, 1.82) is 0 Å². The third-order valence-corrected chi connectivity index (χ3v) is 5.13. The van der Waals surface area contributed by atoms with Gasteiger partial charge >= 0.3 is 0 Å². The molecule has 0 unspecified atom stereocenters. The summed E-state index contributed by atoms with van der Waals surface area (Å²) in [5, 5.41) is 8.20. The van der Waals surface area contributed by atoms with Crippen molar-refractivity contribution in [2.45, 2.75) is 6.54 Å². The molecule has 4 aromatic rings. The summed E-state index contributed by atoms with van der Waals surface area (Å²) in [6.45, 7) is 0.450. The molecule has 1 aromatic carbocycles. The normalized spacial score (nSPS) is 10.9. The van der Waals surface area contributed by atoms with Gasteiger partial charge in [-0.25, -0.2) is 0 Å². The van der Waals surface area contributed by atoms with E-state index in [0.29, 0.717) is 6.54 Å². The molecule has 3 aromatic heterocycles. The first-order valence-corrected chi connectivity index (χ1v) is 8.72. The summed E-state index contributed by atoms with van der Waals surface area (Å²) in [6, 6.07) is 15.8. The lowest BCUT2D eigenvalue weighted by atomic mass is 10.2. The van der Waals surface area contributed by atoms with E-state index >= 15 is 0 Å². The molecule has 5 nitrogen and oxygen atoms in total. The number of nitrogens with one attached hydrogen (secondary N) is 1. The first-order valence-electron chi connectivity index (χ1n) is 7.91. The van der Waals surface area contributed by atoms with Gasteiger partial charge in [0, 0.05) is 30.7 Å². The molecule has 1 amide bonds. The quantitative estimate of drug-likeness (QED) is 0.613. The second-order valence-electron chi connectivity index (χ2n) is 5.72. The van der Waals surface area contributed by atoms with Crippen molar-refractivity contribution in [2.75, 3.05) is 0 Å². The Labute approximate surface area is 149 Å². The van der Waals surface area contributed by atoms with Crippen molar-refractivity contribution < 1.29 is 4.79 Å². The monoisotopic (exact) mass is 348 g/mol. The molecule has 0 saturated carbocycles. The molecule has 4 rings (SSSR count). The van der Waals surface area contributed by atoms with Gasteiger partial charge in [0.15, 0.2) is 0 Å². The van der Waals surface area contributed by atoms with Gasteiger partial charge in [0.25, 0.3) is 5.91 Å². The number of rotatable bonds is 4. The van der Waals surface area contributed by atoms with Crippen molar-refractivity contribution in [2.24, 2.45) is 7.05 Å². The summed E-state index contributed by atoms with van der Waals surface area (Å²) in [4.78, 5) is 17.5. The fourth-order valence-electron chi connectivity index (χ4n) is 2.67. The molecule has 0 aliphatic heterocycles. The molecule has 0 saturated heterocycles. The summed E-state index contributed by atoms with van der Waals surface area (Å²) >= 11 is 1.51. The molecular formula is C19H16N4OS. The fourth-order valence-corrected chi connectivity index (χ4v) is 3.65. The Morgan fingerprint density at radius 1 is 1.20 bits per heavy atom. The number of nitrogens with zero attached hydrogens (tertiary/aromatic N) is 3. The molecule has 0 aliphatic rings. The van der Waals surface area contributed by atoms with E-state index in [0.717, 1.165) is 31.9 Å². The Kier molecular flexibility index (Phi) is 4.03. The van der Waals surface area contributed by atoms with Crippen LogP contribution in [0, 0.1) is 0 Å². The van der Waals surface area contributed by atoms with Crippen LogP contribution in [0.25, 0.3) is 21.5 Å². The van der Waals surface area contributed by atoms with E-state index in [1.807, 2.05) is 55.6 Å². The minimum Gasteiger partial charge on any atom is -0.347 e. The summed E-state index contributed by atoms with van der Waals surface area (Å²) in [6.07, 6.45) is 3.53. The number of benzene rings is 1. The van der Waals surface area contributed by atoms with Gasteiger partial charge in [-0.2, -0.15) is 5.10 Å². The zero-order valence-electron chi connectivity index (χ0n) is 13.6. The van der Waals surface area contributed by atoms with Gasteiger partial charge < -0.3 is 5.32 Å². The fraction of sp³-hybridized carbons (Fsp3) is 0.105. The molecule has 0 fully saturated rings. The van der Waals surface area contributed by atoms with Crippen LogP contribution in [0.2, 0.25) is 0 Å². The average molecular weight is 348 g/mol. The van der Waals surface area contributed by atoms with Crippen LogP contribution in [0.5, 0.6) is 0 Å². The zero-order chi connectivity index (χ0) is 17.2. The Balaban J connectivity index is 1.44. The van der Waals surface area contributed by atoms with E-state index in [-0.39, 0.29) is 5.91 Å². The van der Waals surface area contributed by atoms with Crippen LogP contribution < -0.4 is 5.32 Å². The molecule has 6 heteroatoms. The number of amides is 1. The lowest BCUT2D eigenvalue weighted by Crippen LogP contribution is -2.21. The van der Waals surface area contributed by atoms with Crippen molar-refractivity contribution in [3.63, 3.8) is 0 Å². The van der Waals surface area contributed by atoms with Crippen LogP contribution in [-0.2, 0) is 13.6 Å². The predicted octanol–water partition coefficient (Wildman–Crippen LogP) is 3.63. The van der Waals surface area contributed by atoms with E-state index < -0.39 is 0 Å². The number of aromatic nitrogens is 3. The highest BCUT2D eigenvalue weighted by Gasteiger charge is 2.10. The summed E-state index contributed by atoms with van der Waals surface area (Å²) in [5.74, 6) is -0.0584. The highest BCUT2D eigenvalue weighted by molar-refractivity contribution is 7.20. The van der Waals surface area contributed by atoms with Gasteiger partial charge in [-0.05, 0) is 35.2 Å². The van der Waals surface area contributed by atoms with Crippen molar-refractivity contribution >= 4 is 27.3 Å². The minimum atomic E-state index is -0.0584. The number of carbonyl (C=O) groups is 1. The summed E-state index contributed by atoms with van der Waals surface area (Å²) in [7, 11) is 1.89. The number of hydrogen-bond acceptors (Lipinski definition) is 4. The highest BCUT2D eigenvalue weighted by Crippen LogP contribution is 2.25. The second kappa shape index (κ2) is 6.49. The predicted molar refractivity (Wildman–Crippen MR) is 99.4 cm³/mol. The van der Waals surface area contributed by atoms with Gasteiger partial charge in [-0.1, -0.05) is 24.3 Å². The largest absolute Gasteiger partial charge is 0.347 e. The second-order valence-corrected chi connectivity index (χ2v) is 6.81. The molecule has 25 heavy (non-hydrogen) atoms. The van der Waals surface area contributed by atoms with E-state index in [1.54, 1.807) is 17.1 Å². The Hall–Kier alpha value is -2.99. The minimum absolute atomic E-state index is 0.0584. The van der Waals surface area contributed by atoms with E-state index in [2.05, 4.69) is 15.4 Å². The lowest BCUT2D eigenvalue weighted by Gasteiger charge is -2.05. The molecule has 124 valence electrons. The van der Waals surface area contributed by atoms with Crippen LogP contribution in [0.15, 0.2) is 60.9 Å². The highest BCUT2D eigenvalue weighted by atomic mass is 32.1. The molecule has 3 heterocycles. The standard InChI is InChI=1S/C19H16N4OS/c1-23-16(8-9-22-23)15-7-6-13(11-20-15)12-21-19(24)18-10-14-4-2-3-5-17(14)25-18/h2-11H,12H2,1H3,(H,21,24). The van der Waals surface area contributed by atoms with Crippen LogP contribution in [0.4, 0.5) is 0 Å². The molecule has 0 radical (unpaired) electrons. The average Bonchev–Trinajstić information content (AvgIpc) is 3.26. The molecule has 0 bridgehead atoms. The van der Waals surface area contributed by atoms with Gasteiger partial charge in [-0.3, -0.25) is 14.5 Å². The third-order valence-electron chi connectivity index (χ3n) is 4.01. The SMILES string of the molecule is Cn1nccc1-c1ccc(CNC(=O)c2cc3ccccc3s2)cn1. The van der Waals surface area contributed by atoms with Crippen LogP contribution >= 0.6 is 11.3 Å². The maximum Gasteiger partial charge on any atom is 0.261 e. The van der Waals surface area contributed by atoms with Gasteiger partial charge in [-0.15, -0.1) is 11.3 Å². The van der Waals surface area contributed by atoms with E-state index in [4.69, 9.17) is 0 Å². The Morgan fingerprint density at radius 2 is 2.08 bits per heavy atom. The molecular weight excluding hydrogens is 332 g/mol. The van der Waals surface area contributed by atoms with Crippen LogP contribution in [0.1, 0.15) is 15.2 Å². The topological polar surface area (TPSA) is 59.8 Å². The zero-order valence-corrected chi connectivity index (χ0v) is 14.5. The molecule has 1 N–H and O–H groups in total. The maximum absolute atomic E-state index is 12.4. The van der Waals surface area contributed by atoms with Gasteiger partial charge in [0.05, 0.1) is 16.3 Å². The maximum atomic E-state index is 12.4. The van der Waals surface area contributed by atoms with Gasteiger partial charge in [0.2, 0.25) is 0 Å². The number of thiophene rings is 1. The molecule has 0 atom stereocenters. The number of hydrogen-bond donors (Lipinski definition) is 1. The molecule has 0 spiro atoms. The Bertz CT molecular complexity index is 1000. The number of carbonyl (C=O) groups excluding carboxylic acids is 1. The van der Waals surface area contributed by atoms with Crippen LogP contribution in [0.3, 0.4) is 0 Å². The third kappa shape index (κ3) is 3.16. The number of pyridine rings is 1. The summed E-state index contributed by atoms with van der Waals surface area (Å²) in [5.41, 5.74) is 2.78. The lowest BCUT2D eigenvalue weighted by molar-refractivity contribution is 0.0955. The smallest absolute Gasteiger partial charge is 0.261 e. The Morgan fingerprint density at radius 3 is 2.80 bits per heavy atom. The van der Waals surface area contributed by atoms with Crippen LogP contribution in [-0.4, -0.2) is 20.7 Å². The van der Waals surface area contributed by atoms with Crippen molar-refractivity contribution in [1.82, 2.24) is 20.1 Å². The number of fused-ring (bicyclic) bond motifs is 1. The molecule has 0 aliphatic carbocycles. The van der Waals surface area contributed by atoms with Gasteiger partial charge in [0.1, 0.15) is 0 Å². The van der Waals surface area contributed by atoms with Crippen molar-refractivity contribution in [3.05, 3.63) is 71.4 Å². The van der Waals surface area contributed by atoms with E-state index in [1.165, 1.54) is 11.3 Å².